The second-order valence-corrected chi connectivity index (χ2v) is 6.71. The molecular weight excluding hydrogens is 270 g/mol. The molecule has 0 aromatic carbocycles. The van der Waals surface area contributed by atoms with Gasteiger partial charge in [-0.2, -0.15) is 0 Å². The van der Waals surface area contributed by atoms with Crippen LogP contribution in [-0.2, 0) is 17.8 Å². The molecule has 0 aliphatic carbocycles. The molecule has 0 atom stereocenters. The van der Waals surface area contributed by atoms with Crippen molar-refractivity contribution in [2.45, 2.75) is 52.5 Å². The van der Waals surface area contributed by atoms with Gasteiger partial charge in [0.1, 0.15) is 0 Å². The van der Waals surface area contributed by atoms with Crippen molar-refractivity contribution in [1.82, 2.24) is 15.2 Å². The predicted octanol–water partition coefficient (Wildman–Crippen LogP) is 2.51. The first-order valence-electron chi connectivity index (χ1n) is 7.63. The van der Waals surface area contributed by atoms with Crippen LogP contribution in [0.2, 0.25) is 0 Å². The van der Waals surface area contributed by atoms with E-state index in [-0.39, 0.29) is 5.91 Å². The minimum Gasteiger partial charge on any atom is -0.350 e. The third-order valence-electron chi connectivity index (χ3n) is 3.73. The van der Waals surface area contributed by atoms with Crippen LogP contribution in [0.5, 0.6) is 0 Å². The predicted molar refractivity (Wildman–Crippen MR) is 83.0 cm³/mol. The molecule has 2 rings (SSSR count). The first-order chi connectivity index (χ1) is 9.69. The van der Waals surface area contributed by atoms with Crippen molar-refractivity contribution < 1.29 is 4.79 Å². The highest BCUT2D eigenvalue weighted by Crippen LogP contribution is 2.18. The van der Waals surface area contributed by atoms with E-state index in [9.17, 15) is 4.79 Å². The van der Waals surface area contributed by atoms with Crippen molar-refractivity contribution in [2.75, 3.05) is 19.6 Å². The lowest BCUT2D eigenvalue weighted by Crippen LogP contribution is -2.37. The minimum atomic E-state index is 0.139. The van der Waals surface area contributed by atoms with Crippen LogP contribution in [0.15, 0.2) is 0 Å². The molecule has 112 valence electrons. The Hall–Kier alpha value is -0.940. The molecule has 1 fully saturated rings. The van der Waals surface area contributed by atoms with E-state index in [4.69, 9.17) is 0 Å². The average Bonchev–Trinajstić information content (AvgIpc) is 2.62. The molecule has 1 aromatic heterocycles. The maximum Gasteiger partial charge on any atom is 0.234 e. The average molecular weight is 295 g/mol. The monoisotopic (exact) mass is 295 g/mol. The molecule has 1 amide bonds. The Labute approximate surface area is 125 Å². The highest BCUT2D eigenvalue weighted by Gasteiger charge is 2.14. The summed E-state index contributed by atoms with van der Waals surface area (Å²) in [5, 5.41) is 4.13. The number of nitrogens with zero attached hydrogens (tertiary/aromatic N) is 2. The molecule has 1 aliphatic rings. The van der Waals surface area contributed by atoms with Gasteiger partial charge in [0, 0.05) is 4.88 Å². The molecule has 1 N–H and O–H groups in total. The SMILES string of the molecule is CCc1nc(C)sc1CNC(=O)CN1CCCCCC1. The summed E-state index contributed by atoms with van der Waals surface area (Å²) in [7, 11) is 0. The molecule has 1 aromatic rings. The maximum atomic E-state index is 12.0. The number of hydrogen-bond donors (Lipinski definition) is 1. The van der Waals surface area contributed by atoms with Gasteiger partial charge in [-0.1, -0.05) is 19.8 Å². The molecular formula is C15H25N3OS. The van der Waals surface area contributed by atoms with E-state index in [0.29, 0.717) is 13.1 Å². The topological polar surface area (TPSA) is 45.2 Å². The van der Waals surface area contributed by atoms with Crippen LogP contribution < -0.4 is 5.32 Å². The summed E-state index contributed by atoms with van der Waals surface area (Å²) in [6, 6.07) is 0. The van der Waals surface area contributed by atoms with Crippen molar-refractivity contribution in [2.24, 2.45) is 0 Å². The number of likely N-dealkylation sites (tertiary alicyclic amines) is 1. The molecule has 1 aliphatic heterocycles. The largest absolute Gasteiger partial charge is 0.350 e. The van der Waals surface area contributed by atoms with Crippen molar-refractivity contribution in [3.8, 4) is 0 Å². The fourth-order valence-electron chi connectivity index (χ4n) is 2.66. The summed E-state index contributed by atoms with van der Waals surface area (Å²) in [5.74, 6) is 0.139. The molecule has 0 unspecified atom stereocenters. The van der Waals surface area contributed by atoms with E-state index in [1.165, 1.54) is 30.6 Å². The first kappa shape index (κ1) is 15.4. The molecule has 2 heterocycles. The zero-order valence-corrected chi connectivity index (χ0v) is 13.4. The van der Waals surface area contributed by atoms with Gasteiger partial charge in [-0.05, 0) is 39.3 Å². The van der Waals surface area contributed by atoms with E-state index < -0.39 is 0 Å². The van der Waals surface area contributed by atoms with Gasteiger partial charge in [0.15, 0.2) is 0 Å². The molecule has 20 heavy (non-hydrogen) atoms. The van der Waals surface area contributed by atoms with Crippen LogP contribution in [0.25, 0.3) is 0 Å². The molecule has 0 radical (unpaired) electrons. The van der Waals surface area contributed by atoms with E-state index in [1.54, 1.807) is 11.3 Å². The van der Waals surface area contributed by atoms with Gasteiger partial charge in [-0.25, -0.2) is 4.98 Å². The Balaban J connectivity index is 1.79. The lowest BCUT2D eigenvalue weighted by Gasteiger charge is -2.18. The summed E-state index contributed by atoms with van der Waals surface area (Å²) >= 11 is 1.69. The number of nitrogens with one attached hydrogen (secondary N) is 1. The fourth-order valence-corrected chi connectivity index (χ4v) is 3.62. The first-order valence-corrected chi connectivity index (χ1v) is 8.45. The van der Waals surface area contributed by atoms with Crippen molar-refractivity contribution in [3.63, 3.8) is 0 Å². The highest BCUT2D eigenvalue weighted by atomic mass is 32.1. The zero-order valence-electron chi connectivity index (χ0n) is 12.6. The Morgan fingerprint density at radius 1 is 1.30 bits per heavy atom. The molecule has 0 spiro atoms. The number of thiazole rings is 1. The van der Waals surface area contributed by atoms with Gasteiger partial charge in [0.2, 0.25) is 5.91 Å². The third kappa shape index (κ3) is 4.56. The Bertz CT molecular complexity index is 436. The quantitative estimate of drug-likeness (QED) is 0.908. The molecule has 1 saturated heterocycles. The van der Waals surface area contributed by atoms with Gasteiger partial charge in [0.25, 0.3) is 0 Å². The summed E-state index contributed by atoms with van der Waals surface area (Å²) in [4.78, 5) is 20.0. The summed E-state index contributed by atoms with van der Waals surface area (Å²) < 4.78 is 0. The van der Waals surface area contributed by atoms with Gasteiger partial charge in [-0.3, -0.25) is 9.69 Å². The van der Waals surface area contributed by atoms with Gasteiger partial charge >= 0.3 is 0 Å². The Morgan fingerprint density at radius 3 is 2.65 bits per heavy atom. The Morgan fingerprint density at radius 2 is 2.00 bits per heavy atom. The van der Waals surface area contributed by atoms with Crippen LogP contribution >= 0.6 is 11.3 Å². The summed E-state index contributed by atoms with van der Waals surface area (Å²) in [6.07, 6.45) is 5.99. The smallest absolute Gasteiger partial charge is 0.234 e. The lowest BCUT2D eigenvalue weighted by molar-refractivity contribution is -0.122. The number of amides is 1. The Kier molecular flexibility index (Phi) is 5.98. The highest BCUT2D eigenvalue weighted by molar-refractivity contribution is 7.11. The lowest BCUT2D eigenvalue weighted by atomic mass is 10.2. The van der Waals surface area contributed by atoms with Gasteiger partial charge in [-0.15, -0.1) is 11.3 Å². The second-order valence-electron chi connectivity index (χ2n) is 5.42. The molecule has 0 bridgehead atoms. The van der Waals surface area contributed by atoms with Gasteiger partial charge in [0.05, 0.1) is 23.8 Å². The summed E-state index contributed by atoms with van der Waals surface area (Å²) in [6.45, 7) is 7.42. The van der Waals surface area contributed by atoms with Crippen molar-refractivity contribution in [3.05, 3.63) is 15.6 Å². The number of aromatic nitrogens is 1. The van der Waals surface area contributed by atoms with Crippen LogP contribution in [0.4, 0.5) is 0 Å². The van der Waals surface area contributed by atoms with Crippen LogP contribution in [0, 0.1) is 6.92 Å². The molecule has 5 heteroatoms. The van der Waals surface area contributed by atoms with Gasteiger partial charge < -0.3 is 5.32 Å². The van der Waals surface area contributed by atoms with Crippen LogP contribution in [0.3, 0.4) is 0 Å². The van der Waals surface area contributed by atoms with E-state index >= 15 is 0 Å². The summed E-state index contributed by atoms with van der Waals surface area (Å²) in [5.41, 5.74) is 1.13. The standard InChI is InChI=1S/C15H25N3OS/c1-3-13-14(20-12(2)17-13)10-16-15(19)11-18-8-6-4-5-7-9-18/h3-11H2,1-2H3,(H,16,19). The van der Waals surface area contributed by atoms with E-state index in [0.717, 1.165) is 30.2 Å². The number of hydrogen-bond acceptors (Lipinski definition) is 4. The third-order valence-corrected chi connectivity index (χ3v) is 4.75. The number of carbonyl (C=O) groups excluding carboxylic acids is 1. The maximum absolute atomic E-state index is 12.0. The molecule has 0 saturated carbocycles. The fraction of sp³-hybridized carbons (Fsp3) is 0.733. The second kappa shape index (κ2) is 7.74. The normalized spacial score (nSPS) is 16.9. The van der Waals surface area contributed by atoms with Crippen LogP contribution in [-0.4, -0.2) is 35.4 Å². The van der Waals surface area contributed by atoms with Crippen LogP contribution in [0.1, 0.15) is 48.2 Å². The number of aryl methyl sites for hydroxylation is 2. The van der Waals surface area contributed by atoms with Crippen molar-refractivity contribution >= 4 is 17.2 Å². The molecule has 4 nitrogen and oxygen atoms in total. The number of carbonyl (C=O) groups is 1. The van der Waals surface area contributed by atoms with Crippen molar-refractivity contribution in [1.29, 1.82) is 0 Å². The van der Waals surface area contributed by atoms with E-state index in [1.807, 2.05) is 6.92 Å². The zero-order chi connectivity index (χ0) is 14.4. The minimum absolute atomic E-state index is 0.139. The number of rotatable bonds is 5. The van der Waals surface area contributed by atoms with E-state index in [2.05, 4.69) is 22.1 Å².